The summed E-state index contributed by atoms with van der Waals surface area (Å²) in [5, 5.41) is 3.61. The van der Waals surface area contributed by atoms with E-state index in [1.165, 1.54) is 50.2 Å². The fourth-order valence-electron chi connectivity index (χ4n) is 3.69. The second-order valence-corrected chi connectivity index (χ2v) is 8.62. The fraction of sp³-hybridized carbons (Fsp3) is 1.00. The van der Waals surface area contributed by atoms with Crippen molar-refractivity contribution in [3.05, 3.63) is 0 Å². The van der Waals surface area contributed by atoms with Crippen molar-refractivity contribution in [2.75, 3.05) is 31.2 Å². The van der Waals surface area contributed by atoms with E-state index in [9.17, 15) is 0 Å². The Kier molecular flexibility index (Phi) is 6.70. The summed E-state index contributed by atoms with van der Waals surface area (Å²) in [6, 6.07) is 0. The lowest BCUT2D eigenvalue weighted by Crippen LogP contribution is -2.43. The van der Waals surface area contributed by atoms with Crippen LogP contribution in [0.15, 0.2) is 0 Å². The lowest BCUT2D eigenvalue weighted by Gasteiger charge is -2.44. The number of hydrogen-bond donors (Lipinski definition) is 1. The lowest BCUT2D eigenvalue weighted by atomic mass is 9.78. The molecule has 0 bridgehead atoms. The third kappa shape index (κ3) is 5.23. The van der Waals surface area contributed by atoms with Crippen LogP contribution in [0.1, 0.15) is 52.9 Å². The molecule has 3 heteroatoms. The molecule has 1 spiro atoms. The SMILES string of the molecule is CC(C)CNCC(C)CC1CCOC2(CCSCC2)C1. The monoisotopic (exact) mass is 299 g/mol. The Morgan fingerprint density at radius 3 is 2.65 bits per heavy atom. The van der Waals surface area contributed by atoms with Crippen molar-refractivity contribution in [1.82, 2.24) is 5.32 Å². The smallest absolute Gasteiger partial charge is 0.0700 e. The molecule has 0 aromatic heterocycles. The highest BCUT2D eigenvalue weighted by atomic mass is 32.2. The van der Waals surface area contributed by atoms with Gasteiger partial charge in [-0.15, -0.1) is 0 Å². The van der Waals surface area contributed by atoms with Crippen molar-refractivity contribution in [3.8, 4) is 0 Å². The van der Waals surface area contributed by atoms with Crippen molar-refractivity contribution >= 4 is 11.8 Å². The maximum atomic E-state index is 6.20. The fourth-order valence-corrected chi connectivity index (χ4v) is 4.93. The van der Waals surface area contributed by atoms with Crippen LogP contribution in [0.3, 0.4) is 0 Å². The zero-order valence-electron chi connectivity index (χ0n) is 13.6. The van der Waals surface area contributed by atoms with Crippen LogP contribution in [-0.2, 0) is 4.74 Å². The number of ether oxygens (including phenoxy) is 1. The van der Waals surface area contributed by atoms with Crippen LogP contribution in [0.25, 0.3) is 0 Å². The number of thioether (sulfide) groups is 1. The van der Waals surface area contributed by atoms with Gasteiger partial charge in [-0.2, -0.15) is 11.8 Å². The first-order chi connectivity index (χ1) is 9.60. The molecular formula is C17H33NOS. The summed E-state index contributed by atoms with van der Waals surface area (Å²) in [5.41, 5.74) is 0.263. The Hall–Kier alpha value is 0.270. The molecule has 0 amide bonds. The molecule has 0 aliphatic carbocycles. The Balaban J connectivity index is 1.72. The summed E-state index contributed by atoms with van der Waals surface area (Å²) in [4.78, 5) is 0. The molecule has 2 unspecified atom stereocenters. The quantitative estimate of drug-likeness (QED) is 0.802. The van der Waals surface area contributed by atoms with Gasteiger partial charge in [-0.25, -0.2) is 0 Å². The Morgan fingerprint density at radius 1 is 1.20 bits per heavy atom. The van der Waals surface area contributed by atoms with Gasteiger partial charge in [0.15, 0.2) is 0 Å². The van der Waals surface area contributed by atoms with Gasteiger partial charge < -0.3 is 10.1 Å². The first-order valence-corrected chi connectivity index (χ1v) is 9.67. The van der Waals surface area contributed by atoms with E-state index < -0.39 is 0 Å². The predicted molar refractivity (Wildman–Crippen MR) is 89.5 cm³/mol. The van der Waals surface area contributed by atoms with E-state index in [1.54, 1.807) is 0 Å². The topological polar surface area (TPSA) is 21.3 Å². The van der Waals surface area contributed by atoms with Gasteiger partial charge in [-0.1, -0.05) is 20.8 Å². The first-order valence-electron chi connectivity index (χ1n) is 8.52. The molecule has 0 aromatic carbocycles. The largest absolute Gasteiger partial charge is 0.375 e. The molecule has 2 saturated heterocycles. The Morgan fingerprint density at radius 2 is 1.95 bits per heavy atom. The summed E-state index contributed by atoms with van der Waals surface area (Å²) < 4.78 is 6.20. The van der Waals surface area contributed by atoms with Gasteiger partial charge in [0.2, 0.25) is 0 Å². The molecule has 20 heavy (non-hydrogen) atoms. The highest BCUT2D eigenvalue weighted by Crippen LogP contribution is 2.41. The van der Waals surface area contributed by atoms with Gasteiger partial charge in [-0.05, 0) is 74.5 Å². The molecule has 0 radical (unpaired) electrons. The summed E-state index contributed by atoms with van der Waals surface area (Å²) in [7, 11) is 0. The molecule has 2 fully saturated rings. The van der Waals surface area contributed by atoms with Gasteiger partial charge in [-0.3, -0.25) is 0 Å². The summed E-state index contributed by atoms with van der Waals surface area (Å²) in [6.45, 7) is 10.3. The van der Waals surface area contributed by atoms with Crippen LogP contribution in [0.5, 0.6) is 0 Å². The lowest BCUT2D eigenvalue weighted by molar-refractivity contribution is -0.104. The van der Waals surface area contributed by atoms with Gasteiger partial charge in [0, 0.05) is 6.61 Å². The molecule has 0 aromatic rings. The maximum absolute atomic E-state index is 6.20. The standard InChI is InChI=1S/C17H33NOS/c1-14(2)12-18-13-15(3)10-16-4-7-19-17(11-16)5-8-20-9-6-17/h14-16,18H,4-13H2,1-3H3. The van der Waals surface area contributed by atoms with Gasteiger partial charge in [0.25, 0.3) is 0 Å². The summed E-state index contributed by atoms with van der Waals surface area (Å²) in [6.07, 6.45) is 6.55. The van der Waals surface area contributed by atoms with E-state index in [-0.39, 0.29) is 5.60 Å². The van der Waals surface area contributed by atoms with Crippen LogP contribution in [0, 0.1) is 17.8 Å². The highest BCUT2D eigenvalue weighted by Gasteiger charge is 2.38. The summed E-state index contributed by atoms with van der Waals surface area (Å²) in [5.74, 6) is 5.05. The first kappa shape index (κ1) is 16.6. The van der Waals surface area contributed by atoms with Crippen molar-refractivity contribution in [2.24, 2.45) is 17.8 Å². The third-order valence-electron chi connectivity index (χ3n) is 4.78. The summed E-state index contributed by atoms with van der Waals surface area (Å²) >= 11 is 2.10. The minimum Gasteiger partial charge on any atom is -0.375 e. The van der Waals surface area contributed by atoms with E-state index in [2.05, 4.69) is 37.8 Å². The average molecular weight is 300 g/mol. The molecule has 2 aliphatic heterocycles. The zero-order valence-corrected chi connectivity index (χ0v) is 14.4. The van der Waals surface area contributed by atoms with E-state index in [0.29, 0.717) is 0 Å². The van der Waals surface area contributed by atoms with E-state index in [4.69, 9.17) is 4.74 Å². The van der Waals surface area contributed by atoms with Gasteiger partial charge in [0.1, 0.15) is 0 Å². The van der Waals surface area contributed by atoms with E-state index in [1.807, 2.05) is 0 Å². The number of hydrogen-bond acceptors (Lipinski definition) is 3. The van der Waals surface area contributed by atoms with Crippen LogP contribution < -0.4 is 5.32 Å². The van der Waals surface area contributed by atoms with E-state index in [0.717, 1.165) is 30.9 Å². The number of rotatable bonds is 6. The van der Waals surface area contributed by atoms with Gasteiger partial charge in [0.05, 0.1) is 5.60 Å². The molecule has 118 valence electrons. The average Bonchev–Trinajstić information content (AvgIpc) is 2.39. The highest BCUT2D eigenvalue weighted by molar-refractivity contribution is 7.99. The Bertz CT molecular complexity index is 271. The van der Waals surface area contributed by atoms with Crippen LogP contribution >= 0.6 is 11.8 Å². The van der Waals surface area contributed by atoms with Crippen LogP contribution in [-0.4, -0.2) is 36.8 Å². The third-order valence-corrected chi connectivity index (χ3v) is 5.77. The molecule has 0 saturated carbocycles. The molecule has 2 nitrogen and oxygen atoms in total. The Labute approximate surface area is 129 Å². The molecule has 2 aliphatic rings. The normalized spacial score (nSPS) is 27.9. The minimum absolute atomic E-state index is 0.263. The molecule has 2 heterocycles. The van der Waals surface area contributed by atoms with Crippen molar-refractivity contribution < 1.29 is 4.74 Å². The van der Waals surface area contributed by atoms with Crippen LogP contribution in [0.4, 0.5) is 0 Å². The zero-order chi connectivity index (χ0) is 14.4. The predicted octanol–water partition coefficient (Wildman–Crippen LogP) is 3.95. The minimum atomic E-state index is 0.263. The second-order valence-electron chi connectivity index (χ2n) is 7.40. The molecule has 1 N–H and O–H groups in total. The molecule has 2 atom stereocenters. The van der Waals surface area contributed by atoms with E-state index >= 15 is 0 Å². The maximum Gasteiger partial charge on any atom is 0.0700 e. The van der Waals surface area contributed by atoms with Crippen molar-refractivity contribution in [2.45, 2.75) is 58.5 Å². The van der Waals surface area contributed by atoms with Crippen molar-refractivity contribution in [1.29, 1.82) is 0 Å². The molecule has 2 rings (SSSR count). The molecular weight excluding hydrogens is 266 g/mol. The second kappa shape index (κ2) is 8.05. The van der Waals surface area contributed by atoms with Crippen molar-refractivity contribution in [3.63, 3.8) is 0 Å². The van der Waals surface area contributed by atoms with Crippen LogP contribution in [0.2, 0.25) is 0 Å². The number of nitrogens with one attached hydrogen (secondary N) is 1. The van der Waals surface area contributed by atoms with Gasteiger partial charge >= 0.3 is 0 Å².